The van der Waals surface area contributed by atoms with Gasteiger partial charge in [-0.3, -0.25) is 14.4 Å². The van der Waals surface area contributed by atoms with Crippen LogP contribution in [-0.2, 0) is 14.4 Å². The van der Waals surface area contributed by atoms with Gasteiger partial charge >= 0.3 is 0 Å². The fourth-order valence-electron chi connectivity index (χ4n) is 1.08. The van der Waals surface area contributed by atoms with Crippen LogP contribution in [0.2, 0.25) is 0 Å². The smallest absolute Gasteiger partial charge is 0.198 e. The van der Waals surface area contributed by atoms with Crippen LogP contribution in [0.4, 0.5) is 0 Å². The van der Waals surface area contributed by atoms with E-state index in [0.29, 0.717) is 4.48 Å². The summed E-state index contributed by atoms with van der Waals surface area (Å²) in [4.78, 5) is 32.2. The summed E-state index contributed by atoms with van der Waals surface area (Å²) in [6, 6.07) is 0. The zero-order valence-electron chi connectivity index (χ0n) is 9.75. The molecule has 112 valence electrons. The number of carbonyl (C=O) groups is 3. The van der Waals surface area contributed by atoms with E-state index in [-0.39, 0.29) is 23.3 Å². The Labute approximate surface area is 149 Å². The normalized spacial score (nSPS) is 17.7. The molecule has 0 aromatic heterocycles. The summed E-state index contributed by atoms with van der Waals surface area (Å²) in [6.07, 6.45) is 5.19. The maximum atomic E-state index is 10.9. The fraction of sp³-hybridized carbons (Fsp3) is 0.0714. The topological polar surface area (TPSA) is 51.2 Å². The Morgan fingerprint density at radius 3 is 1.57 bits per heavy atom. The summed E-state index contributed by atoms with van der Waals surface area (Å²) in [5, 5.41) is -0.177. The molecule has 7 heteroatoms. The van der Waals surface area contributed by atoms with Crippen LogP contribution >= 0.6 is 55.1 Å². The van der Waals surface area contributed by atoms with Crippen LogP contribution < -0.4 is 0 Å². The first-order valence-electron chi connectivity index (χ1n) is 5.03. The van der Waals surface area contributed by atoms with Crippen LogP contribution in [0.5, 0.6) is 0 Å². The molecule has 0 N–H and O–H groups in total. The van der Waals surface area contributed by atoms with Crippen molar-refractivity contribution < 1.29 is 14.4 Å². The zero-order valence-corrected chi connectivity index (χ0v) is 14.4. The van der Waals surface area contributed by atoms with Gasteiger partial charge < -0.3 is 0 Å². The summed E-state index contributed by atoms with van der Waals surface area (Å²) >= 11 is 16.9. The molecule has 2 aliphatic carbocycles. The molecule has 0 unspecified atom stereocenters. The van der Waals surface area contributed by atoms with Gasteiger partial charge in [-0.05, 0) is 27.6 Å². The number of hydrogen-bond acceptors (Lipinski definition) is 3. The second kappa shape index (κ2) is 8.63. The second-order valence-electron chi connectivity index (χ2n) is 3.59. The molecule has 0 saturated heterocycles. The lowest BCUT2D eigenvalue weighted by Gasteiger charge is -2.04. The van der Waals surface area contributed by atoms with Gasteiger partial charge in [0.25, 0.3) is 0 Å². The molecule has 2 aliphatic rings. The molecule has 0 atom stereocenters. The van der Waals surface area contributed by atoms with Gasteiger partial charge in [0.05, 0.1) is 14.5 Å². The van der Waals surface area contributed by atoms with Crippen molar-refractivity contribution in [3.8, 4) is 0 Å². The van der Waals surface area contributed by atoms with Gasteiger partial charge in [0.2, 0.25) is 0 Å². The van der Waals surface area contributed by atoms with Gasteiger partial charge in [-0.2, -0.15) is 0 Å². The highest BCUT2D eigenvalue weighted by molar-refractivity contribution is 9.12. The molecule has 0 heterocycles. The highest BCUT2D eigenvalue weighted by atomic mass is 79.9. The van der Waals surface area contributed by atoms with E-state index in [1.54, 1.807) is 6.08 Å². The lowest BCUT2D eigenvalue weighted by atomic mass is 10.1. The molecule has 0 fully saturated rings. The van der Waals surface area contributed by atoms with Crippen molar-refractivity contribution in [3.05, 3.63) is 55.5 Å². The number of allylic oxidation sites excluding steroid dienone is 9. The lowest BCUT2D eigenvalue weighted by Crippen LogP contribution is -2.06. The average molecular weight is 457 g/mol. The van der Waals surface area contributed by atoms with Crippen molar-refractivity contribution in [2.24, 2.45) is 0 Å². The van der Waals surface area contributed by atoms with Gasteiger partial charge in [0, 0.05) is 22.7 Å². The number of carbonyl (C=O) groups excluding carboxylic acids is 3. The third kappa shape index (κ3) is 5.87. The van der Waals surface area contributed by atoms with Crippen molar-refractivity contribution in [1.82, 2.24) is 0 Å². The van der Waals surface area contributed by atoms with Crippen molar-refractivity contribution in [1.29, 1.82) is 0 Å². The van der Waals surface area contributed by atoms with Gasteiger partial charge in [-0.25, -0.2) is 0 Å². The van der Waals surface area contributed by atoms with E-state index in [9.17, 15) is 14.4 Å². The van der Waals surface area contributed by atoms with Crippen molar-refractivity contribution in [2.45, 2.75) is 7.43 Å². The molecular weight excluding hydrogens is 447 g/mol. The lowest BCUT2D eigenvalue weighted by molar-refractivity contribution is -0.114. The maximum Gasteiger partial charge on any atom is 0.198 e. The van der Waals surface area contributed by atoms with Crippen LogP contribution in [0.15, 0.2) is 55.5 Å². The van der Waals surface area contributed by atoms with E-state index in [1.807, 2.05) is 0 Å². The average Bonchev–Trinajstić information content (AvgIpc) is 2.35. The van der Waals surface area contributed by atoms with Crippen LogP contribution in [0.1, 0.15) is 7.43 Å². The summed E-state index contributed by atoms with van der Waals surface area (Å²) in [5.74, 6) is -0.878. The predicted molar refractivity (Wildman–Crippen MR) is 92.8 cm³/mol. The van der Waals surface area contributed by atoms with Crippen molar-refractivity contribution >= 4 is 72.4 Å². The van der Waals surface area contributed by atoms with E-state index in [1.165, 1.54) is 6.08 Å². The van der Waals surface area contributed by atoms with Gasteiger partial charge in [-0.1, -0.05) is 53.1 Å². The summed E-state index contributed by atoms with van der Waals surface area (Å²) in [7, 11) is 0. The molecule has 0 aromatic carbocycles. The third-order valence-corrected chi connectivity index (χ3v) is 4.04. The summed E-state index contributed by atoms with van der Waals surface area (Å²) in [6.45, 7) is 3.71. The quantitative estimate of drug-likeness (QED) is 0.496. The first-order chi connectivity index (χ1) is 9.22. The molecule has 21 heavy (non-hydrogen) atoms. The van der Waals surface area contributed by atoms with Crippen LogP contribution in [0.3, 0.4) is 0 Å². The standard InChI is InChI=1S/C7H4Br2O.C6H2Cl2O2.CH4/c1-4-2-6(9)7(10)3-5(4)8;7-3-1-5(9)4(8)2-6(3)10;/h2-3H,1H2;1-2H;1H4. The Bertz CT molecular complexity index is 529. The number of halogens is 4. The highest BCUT2D eigenvalue weighted by Gasteiger charge is 2.16. The minimum Gasteiger partial charge on any atom is -0.289 e. The Hall–Kier alpha value is -0.750. The SMILES string of the molecule is C.C=C1C=C(Br)C(=O)C=C1Br.O=C1C=C(Cl)C(=O)C=C1Cl. The first kappa shape index (κ1) is 20.2. The Kier molecular flexibility index (Phi) is 8.33. The van der Waals surface area contributed by atoms with Crippen molar-refractivity contribution in [2.75, 3.05) is 0 Å². The van der Waals surface area contributed by atoms with Gasteiger partial charge in [0.15, 0.2) is 17.3 Å². The number of hydrogen-bond donors (Lipinski definition) is 0. The van der Waals surface area contributed by atoms with E-state index >= 15 is 0 Å². The monoisotopic (exact) mass is 454 g/mol. The highest BCUT2D eigenvalue weighted by Crippen LogP contribution is 2.26. The first-order valence-corrected chi connectivity index (χ1v) is 7.37. The largest absolute Gasteiger partial charge is 0.289 e. The summed E-state index contributed by atoms with van der Waals surface area (Å²) in [5.41, 5.74) is 0.812. The molecule has 0 amide bonds. The van der Waals surface area contributed by atoms with E-state index in [2.05, 4.69) is 38.4 Å². The molecule has 0 spiro atoms. The predicted octanol–water partition coefficient (Wildman–Crippen LogP) is 4.70. The Morgan fingerprint density at radius 2 is 1.19 bits per heavy atom. The second-order valence-corrected chi connectivity index (χ2v) is 6.11. The molecule has 0 bridgehead atoms. The molecule has 0 saturated carbocycles. The van der Waals surface area contributed by atoms with E-state index in [0.717, 1.165) is 22.2 Å². The van der Waals surface area contributed by atoms with E-state index in [4.69, 9.17) is 23.2 Å². The molecular formula is C14H10Br2Cl2O3. The van der Waals surface area contributed by atoms with Crippen LogP contribution in [0, 0.1) is 0 Å². The zero-order chi connectivity index (χ0) is 15.4. The van der Waals surface area contributed by atoms with Crippen molar-refractivity contribution in [3.63, 3.8) is 0 Å². The van der Waals surface area contributed by atoms with Crippen LogP contribution in [0.25, 0.3) is 0 Å². The third-order valence-electron chi connectivity index (χ3n) is 2.09. The Morgan fingerprint density at radius 1 is 0.762 bits per heavy atom. The molecule has 3 nitrogen and oxygen atoms in total. The fourth-order valence-corrected chi connectivity index (χ4v) is 2.10. The maximum absolute atomic E-state index is 10.9. The Balaban J connectivity index is 0.000000364. The van der Waals surface area contributed by atoms with Gasteiger partial charge in [-0.15, -0.1) is 0 Å². The minimum atomic E-state index is -0.425. The molecule has 2 rings (SSSR count). The van der Waals surface area contributed by atoms with Gasteiger partial charge in [0.1, 0.15) is 0 Å². The number of ketones is 3. The minimum absolute atomic E-state index is 0. The summed E-state index contributed by atoms with van der Waals surface area (Å²) < 4.78 is 1.31. The molecule has 0 aromatic rings. The number of rotatable bonds is 0. The van der Waals surface area contributed by atoms with Crippen LogP contribution in [-0.4, -0.2) is 17.3 Å². The molecule has 0 radical (unpaired) electrons. The van der Waals surface area contributed by atoms with E-state index < -0.39 is 11.6 Å². The molecule has 0 aliphatic heterocycles.